The van der Waals surface area contributed by atoms with Gasteiger partial charge in [0.15, 0.2) is 0 Å². The average Bonchev–Trinajstić information content (AvgIpc) is 3.01. The summed E-state index contributed by atoms with van der Waals surface area (Å²) in [7, 11) is 0. The topological polar surface area (TPSA) is 24.9 Å². The summed E-state index contributed by atoms with van der Waals surface area (Å²) in [6.45, 7) is 7.66. The summed E-state index contributed by atoms with van der Waals surface area (Å²) < 4.78 is 0. The van der Waals surface area contributed by atoms with Gasteiger partial charge in [-0.2, -0.15) is 0 Å². The van der Waals surface area contributed by atoms with Crippen molar-refractivity contribution in [3.8, 4) is 0 Å². The number of thiazole rings is 1. The van der Waals surface area contributed by atoms with E-state index >= 15 is 0 Å². The molecule has 3 rings (SSSR count). The Morgan fingerprint density at radius 3 is 2.72 bits per heavy atom. The van der Waals surface area contributed by atoms with Crippen LogP contribution in [-0.4, -0.2) is 11.0 Å². The first-order valence-corrected chi connectivity index (χ1v) is 8.08. The Kier molecular flexibility index (Phi) is 3.23. The lowest BCUT2D eigenvalue weighted by Gasteiger charge is -2.22. The van der Waals surface area contributed by atoms with Gasteiger partial charge in [0.1, 0.15) is 0 Å². The van der Waals surface area contributed by atoms with Crippen LogP contribution in [0.15, 0.2) is 5.38 Å². The number of hydrogen-bond acceptors (Lipinski definition) is 3. The summed E-state index contributed by atoms with van der Waals surface area (Å²) in [6, 6.07) is 0.767. The number of rotatable bonds is 3. The molecule has 0 spiro atoms. The molecule has 3 atom stereocenters. The quantitative estimate of drug-likeness (QED) is 0.900. The van der Waals surface area contributed by atoms with E-state index in [4.69, 9.17) is 4.98 Å². The Bertz CT molecular complexity index is 418. The van der Waals surface area contributed by atoms with Crippen molar-refractivity contribution in [1.29, 1.82) is 0 Å². The Balaban J connectivity index is 1.56. The fraction of sp³-hybridized carbons (Fsp3) is 0.800. The van der Waals surface area contributed by atoms with Gasteiger partial charge in [0.2, 0.25) is 0 Å². The maximum absolute atomic E-state index is 4.76. The normalized spacial score (nSPS) is 31.2. The zero-order chi connectivity index (χ0) is 12.8. The van der Waals surface area contributed by atoms with E-state index in [1.165, 1.54) is 36.4 Å². The molecule has 2 nitrogen and oxygen atoms in total. The van der Waals surface area contributed by atoms with Gasteiger partial charge < -0.3 is 5.32 Å². The number of nitrogens with zero attached hydrogens (tertiary/aromatic N) is 1. The third-order valence-corrected chi connectivity index (χ3v) is 5.79. The van der Waals surface area contributed by atoms with Gasteiger partial charge in [-0.1, -0.05) is 27.2 Å². The fourth-order valence-electron chi connectivity index (χ4n) is 3.46. The van der Waals surface area contributed by atoms with Crippen molar-refractivity contribution < 1.29 is 0 Å². The predicted octanol–water partition coefficient (Wildman–Crippen LogP) is 3.72. The number of hydrogen-bond donors (Lipinski definition) is 1. The lowest BCUT2D eigenvalue weighted by atomic mass is 9.95. The summed E-state index contributed by atoms with van der Waals surface area (Å²) in [6.07, 6.45) is 5.81. The van der Waals surface area contributed by atoms with Crippen LogP contribution in [0.3, 0.4) is 0 Å². The number of aromatic nitrogens is 1. The van der Waals surface area contributed by atoms with Crippen LogP contribution in [0.5, 0.6) is 0 Å². The second kappa shape index (κ2) is 4.61. The average molecular weight is 264 g/mol. The van der Waals surface area contributed by atoms with Crippen molar-refractivity contribution in [3.63, 3.8) is 0 Å². The van der Waals surface area contributed by atoms with Crippen LogP contribution in [0, 0.1) is 11.8 Å². The highest BCUT2D eigenvalue weighted by Crippen LogP contribution is 2.44. The van der Waals surface area contributed by atoms with Crippen molar-refractivity contribution in [2.75, 3.05) is 0 Å². The molecule has 3 heteroatoms. The molecule has 1 N–H and O–H groups in total. The molecule has 3 unspecified atom stereocenters. The van der Waals surface area contributed by atoms with E-state index < -0.39 is 0 Å². The molecule has 100 valence electrons. The first kappa shape index (κ1) is 12.6. The van der Waals surface area contributed by atoms with Crippen molar-refractivity contribution in [3.05, 3.63) is 16.1 Å². The first-order chi connectivity index (χ1) is 8.52. The fourth-order valence-corrected chi connectivity index (χ4v) is 4.37. The van der Waals surface area contributed by atoms with E-state index in [9.17, 15) is 0 Å². The SMILES string of the molecule is CC(C)(C)c1nc(CNC2CC3CCC2C3)cs1. The molecule has 0 saturated heterocycles. The molecule has 2 bridgehead atoms. The second-order valence-electron chi connectivity index (χ2n) is 7.06. The monoisotopic (exact) mass is 264 g/mol. The molecule has 2 aliphatic carbocycles. The minimum Gasteiger partial charge on any atom is -0.308 e. The third kappa shape index (κ3) is 2.48. The molecule has 2 saturated carbocycles. The summed E-state index contributed by atoms with van der Waals surface area (Å²) in [5.74, 6) is 1.98. The van der Waals surface area contributed by atoms with E-state index in [2.05, 4.69) is 31.5 Å². The van der Waals surface area contributed by atoms with Gasteiger partial charge in [-0.25, -0.2) is 4.98 Å². The molecule has 1 aromatic rings. The highest BCUT2D eigenvalue weighted by atomic mass is 32.1. The van der Waals surface area contributed by atoms with E-state index in [0.717, 1.165) is 24.4 Å². The van der Waals surface area contributed by atoms with Crippen LogP contribution in [0.4, 0.5) is 0 Å². The van der Waals surface area contributed by atoms with Gasteiger partial charge in [0.05, 0.1) is 10.7 Å². The van der Waals surface area contributed by atoms with Crippen LogP contribution in [0.2, 0.25) is 0 Å². The van der Waals surface area contributed by atoms with Gasteiger partial charge >= 0.3 is 0 Å². The first-order valence-electron chi connectivity index (χ1n) is 7.20. The Morgan fingerprint density at radius 1 is 1.33 bits per heavy atom. The molecule has 2 aliphatic rings. The van der Waals surface area contributed by atoms with E-state index in [1.54, 1.807) is 11.3 Å². The van der Waals surface area contributed by atoms with Crippen LogP contribution >= 0.6 is 11.3 Å². The molecule has 18 heavy (non-hydrogen) atoms. The minimum absolute atomic E-state index is 0.190. The van der Waals surface area contributed by atoms with E-state index in [-0.39, 0.29) is 5.41 Å². The third-order valence-electron chi connectivity index (χ3n) is 4.48. The zero-order valence-electron chi connectivity index (χ0n) is 11.7. The van der Waals surface area contributed by atoms with Crippen molar-refractivity contribution in [1.82, 2.24) is 10.3 Å². The Hall–Kier alpha value is -0.410. The molecule has 0 aromatic carbocycles. The predicted molar refractivity (Wildman–Crippen MR) is 76.9 cm³/mol. The zero-order valence-corrected chi connectivity index (χ0v) is 12.5. The maximum atomic E-state index is 4.76. The summed E-state index contributed by atoms with van der Waals surface area (Å²) in [5, 5.41) is 7.22. The van der Waals surface area contributed by atoms with Gasteiger partial charge in [-0.3, -0.25) is 0 Å². The molecule has 0 radical (unpaired) electrons. The standard InChI is InChI=1S/C15H24N2S/c1-15(2,3)14-17-12(9-18-14)8-16-13-7-10-4-5-11(13)6-10/h9-11,13,16H,4-8H2,1-3H3. The molecular formula is C15H24N2S. The lowest BCUT2D eigenvalue weighted by Crippen LogP contribution is -2.33. The Labute approximate surface area is 114 Å². The maximum Gasteiger partial charge on any atom is 0.0982 e. The molecular weight excluding hydrogens is 240 g/mol. The molecule has 1 aromatic heterocycles. The molecule has 0 amide bonds. The Morgan fingerprint density at radius 2 is 2.17 bits per heavy atom. The van der Waals surface area contributed by atoms with Crippen LogP contribution in [-0.2, 0) is 12.0 Å². The molecule has 1 heterocycles. The largest absolute Gasteiger partial charge is 0.308 e. The smallest absolute Gasteiger partial charge is 0.0982 e. The van der Waals surface area contributed by atoms with Gasteiger partial charge in [0.25, 0.3) is 0 Å². The summed E-state index contributed by atoms with van der Waals surface area (Å²) in [4.78, 5) is 4.76. The minimum atomic E-state index is 0.190. The number of nitrogens with one attached hydrogen (secondary N) is 1. The summed E-state index contributed by atoms with van der Waals surface area (Å²) in [5.41, 5.74) is 1.42. The van der Waals surface area contributed by atoms with E-state index in [0.29, 0.717) is 0 Å². The molecule has 0 aliphatic heterocycles. The lowest BCUT2D eigenvalue weighted by molar-refractivity contribution is 0.349. The number of fused-ring (bicyclic) bond motifs is 2. The van der Waals surface area contributed by atoms with Gasteiger partial charge in [-0.05, 0) is 31.1 Å². The van der Waals surface area contributed by atoms with Crippen LogP contribution < -0.4 is 5.32 Å². The highest BCUT2D eigenvalue weighted by molar-refractivity contribution is 7.09. The highest BCUT2D eigenvalue weighted by Gasteiger charge is 2.39. The van der Waals surface area contributed by atoms with Crippen LogP contribution in [0.25, 0.3) is 0 Å². The summed E-state index contributed by atoms with van der Waals surface area (Å²) >= 11 is 1.80. The second-order valence-corrected chi connectivity index (χ2v) is 7.91. The van der Waals surface area contributed by atoms with Gasteiger partial charge in [0, 0.05) is 23.4 Å². The molecule has 2 fully saturated rings. The van der Waals surface area contributed by atoms with Crippen molar-refractivity contribution in [2.24, 2.45) is 11.8 Å². The van der Waals surface area contributed by atoms with Gasteiger partial charge in [-0.15, -0.1) is 11.3 Å². The van der Waals surface area contributed by atoms with Crippen molar-refractivity contribution >= 4 is 11.3 Å². The van der Waals surface area contributed by atoms with Crippen LogP contribution in [0.1, 0.15) is 57.2 Å². The van der Waals surface area contributed by atoms with Crippen molar-refractivity contribution in [2.45, 2.75) is 64.5 Å². The van der Waals surface area contributed by atoms with E-state index in [1.807, 2.05) is 0 Å².